The van der Waals surface area contributed by atoms with Gasteiger partial charge in [0.25, 0.3) is 5.56 Å². The third kappa shape index (κ3) is 6.17. The van der Waals surface area contributed by atoms with Crippen molar-refractivity contribution in [2.75, 3.05) is 16.0 Å². The molecule has 0 spiro atoms. The number of H-pyrrole nitrogens is 1. The number of nitrogens with one attached hydrogen (secondary N) is 4. The number of nitrogens with zero attached hydrogens (tertiary/aromatic N) is 1. The van der Waals surface area contributed by atoms with E-state index >= 15 is 0 Å². The molecular formula is C22H15F6N5O4. The fourth-order valence-electron chi connectivity index (χ4n) is 3.56. The largest absolute Gasteiger partial charge is 0.573 e. The van der Waals surface area contributed by atoms with E-state index in [1.807, 2.05) is 0 Å². The molecule has 3 aromatic rings. The van der Waals surface area contributed by atoms with Gasteiger partial charge in [0.05, 0.1) is 17.0 Å². The van der Waals surface area contributed by atoms with Crippen LogP contribution in [-0.4, -0.2) is 28.1 Å². The summed E-state index contributed by atoms with van der Waals surface area (Å²) in [6.07, 6.45) is -10.0. The molecule has 4 N–H and O–H groups in total. The molecule has 2 amide bonds. The summed E-state index contributed by atoms with van der Waals surface area (Å²) in [5.74, 6) is -4.15. The number of benzene rings is 2. The number of carbonyl (C=O) groups is 2. The molecule has 0 fully saturated rings. The predicted octanol–water partition coefficient (Wildman–Crippen LogP) is 4.50. The smallest absolute Gasteiger partial charge is 0.406 e. The van der Waals surface area contributed by atoms with E-state index in [1.54, 1.807) is 0 Å². The average molecular weight is 527 g/mol. The van der Waals surface area contributed by atoms with Crippen molar-refractivity contribution in [1.29, 1.82) is 0 Å². The zero-order valence-corrected chi connectivity index (χ0v) is 18.3. The second-order valence-corrected chi connectivity index (χ2v) is 7.75. The van der Waals surface area contributed by atoms with Crippen LogP contribution in [0.1, 0.15) is 23.5 Å². The van der Waals surface area contributed by atoms with Crippen molar-refractivity contribution in [2.24, 2.45) is 0 Å². The van der Waals surface area contributed by atoms with Crippen LogP contribution in [0.25, 0.3) is 0 Å². The lowest BCUT2D eigenvalue weighted by Crippen LogP contribution is -2.36. The molecule has 2 heterocycles. The van der Waals surface area contributed by atoms with E-state index in [4.69, 9.17) is 0 Å². The molecule has 0 aliphatic carbocycles. The van der Waals surface area contributed by atoms with Gasteiger partial charge in [-0.15, -0.1) is 13.2 Å². The molecular weight excluding hydrogens is 512 g/mol. The van der Waals surface area contributed by atoms with Gasteiger partial charge in [0.1, 0.15) is 11.6 Å². The minimum atomic E-state index is -4.96. The molecule has 1 unspecified atom stereocenters. The number of fused-ring (bicyclic) bond motifs is 1. The number of halogens is 6. The minimum Gasteiger partial charge on any atom is -0.406 e. The maximum atomic E-state index is 13.0. The lowest BCUT2D eigenvalue weighted by Gasteiger charge is -2.24. The van der Waals surface area contributed by atoms with Crippen LogP contribution in [0.5, 0.6) is 5.75 Å². The SMILES string of the molecule is O=C1CC(C(=O)Nc2cccc(OC(F)(F)F)c2)c2c(nc(Nc3cccc(C(F)(F)F)c3)[nH]c2=O)N1. The normalized spacial score (nSPS) is 15.4. The van der Waals surface area contributed by atoms with Gasteiger partial charge >= 0.3 is 12.5 Å². The number of amides is 2. The maximum absolute atomic E-state index is 13.0. The standard InChI is InChI=1S/C22H15F6N5O4/c23-21(24,25)10-3-1-4-11(7-10)30-20-32-17-16(19(36)33-20)14(9-15(34)31-17)18(35)29-12-5-2-6-13(8-12)37-22(26,27)28/h1-8,14H,9H2,(H,29,35)(H3,30,31,32,33,34,36). The van der Waals surface area contributed by atoms with Crippen LogP contribution in [0.3, 0.4) is 0 Å². The number of ether oxygens (including phenoxy) is 1. The zero-order chi connectivity index (χ0) is 27.0. The number of aromatic amines is 1. The van der Waals surface area contributed by atoms with Crippen molar-refractivity contribution in [2.45, 2.75) is 24.9 Å². The highest BCUT2D eigenvalue weighted by molar-refractivity contribution is 6.04. The van der Waals surface area contributed by atoms with Gasteiger partial charge in [-0.2, -0.15) is 18.2 Å². The molecule has 0 saturated heterocycles. The number of hydrogen-bond donors (Lipinski definition) is 4. The van der Waals surface area contributed by atoms with Crippen LogP contribution in [0.2, 0.25) is 0 Å². The highest BCUT2D eigenvalue weighted by Gasteiger charge is 2.35. The van der Waals surface area contributed by atoms with Crippen LogP contribution in [-0.2, 0) is 15.8 Å². The Labute approximate surface area is 202 Å². The van der Waals surface area contributed by atoms with Gasteiger partial charge in [0, 0.05) is 23.9 Å². The third-order valence-electron chi connectivity index (χ3n) is 5.06. The number of aromatic nitrogens is 2. The first kappa shape index (κ1) is 25.5. The highest BCUT2D eigenvalue weighted by Crippen LogP contribution is 2.33. The van der Waals surface area contributed by atoms with E-state index in [9.17, 15) is 40.7 Å². The molecule has 0 radical (unpaired) electrons. The Morgan fingerprint density at radius 3 is 2.41 bits per heavy atom. The summed E-state index contributed by atoms with van der Waals surface area (Å²) in [6, 6.07) is 8.44. The first-order valence-electron chi connectivity index (χ1n) is 10.3. The Hall–Kier alpha value is -4.56. The fraction of sp³-hybridized carbons (Fsp3) is 0.182. The minimum absolute atomic E-state index is 0.0599. The molecule has 15 heteroatoms. The van der Waals surface area contributed by atoms with Crippen molar-refractivity contribution in [3.8, 4) is 5.75 Å². The molecule has 4 rings (SSSR count). The van der Waals surface area contributed by atoms with Gasteiger partial charge in [-0.05, 0) is 30.3 Å². The predicted molar refractivity (Wildman–Crippen MR) is 117 cm³/mol. The van der Waals surface area contributed by atoms with E-state index in [1.165, 1.54) is 18.2 Å². The number of carbonyl (C=O) groups excluding carboxylic acids is 2. The summed E-state index contributed by atoms with van der Waals surface area (Å²) in [7, 11) is 0. The first-order valence-corrected chi connectivity index (χ1v) is 10.3. The van der Waals surface area contributed by atoms with Crippen LogP contribution in [0, 0.1) is 0 Å². The summed E-state index contributed by atoms with van der Waals surface area (Å²) >= 11 is 0. The molecule has 1 aliphatic heterocycles. The van der Waals surface area contributed by atoms with Crippen molar-refractivity contribution < 1.29 is 40.7 Å². The molecule has 194 valence electrons. The quantitative estimate of drug-likeness (QED) is 0.363. The number of alkyl halides is 6. The Balaban J connectivity index is 1.59. The van der Waals surface area contributed by atoms with Crippen LogP contribution >= 0.6 is 0 Å². The summed E-state index contributed by atoms with van der Waals surface area (Å²) in [4.78, 5) is 44.2. The molecule has 1 aliphatic rings. The lowest BCUT2D eigenvalue weighted by molar-refractivity contribution is -0.274. The van der Waals surface area contributed by atoms with Gasteiger partial charge in [0.15, 0.2) is 0 Å². The second kappa shape index (κ2) is 9.48. The summed E-state index contributed by atoms with van der Waals surface area (Å²) in [6.45, 7) is 0. The first-order chi connectivity index (χ1) is 17.3. The highest BCUT2D eigenvalue weighted by atomic mass is 19.4. The van der Waals surface area contributed by atoms with Crippen LogP contribution < -0.4 is 26.2 Å². The van der Waals surface area contributed by atoms with E-state index < -0.39 is 53.6 Å². The van der Waals surface area contributed by atoms with Gasteiger partial charge < -0.3 is 20.7 Å². The number of anilines is 4. The molecule has 1 atom stereocenters. The van der Waals surface area contributed by atoms with E-state index in [-0.39, 0.29) is 28.7 Å². The summed E-state index contributed by atoms with van der Waals surface area (Å²) in [5.41, 5.74) is -2.21. The topological polar surface area (TPSA) is 125 Å². The van der Waals surface area contributed by atoms with Gasteiger partial charge in [0.2, 0.25) is 17.8 Å². The molecule has 37 heavy (non-hydrogen) atoms. The monoisotopic (exact) mass is 527 g/mol. The summed E-state index contributed by atoms with van der Waals surface area (Å²) < 4.78 is 80.1. The Kier molecular flexibility index (Phi) is 6.54. The van der Waals surface area contributed by atoms with Crippen molar-refractivity contribution in [3.05, 3.63) is 70.0 Å². The zero-order valence-electron chi connectivity index (χ0n) is 18.3. The Bertz CT molecular complexity index is 1420. The Morgan fingerprint density at radius 1 is 1.00 bits per heavy atom. The van der Waals surface area contributed by atoms with E-state index in [2.05, 4.69) is 30.7 Å². The van der Waals surface area contributed by atoms with Gasteiger partial charge in [-0.3, -0.25) is 19.4 Å². The molecule has 0 bridgehead atoms. The van der Waals surface area contributed by atoms with E-state index in [0.29, 0.717) is 0 Å². The van der Waals surface area contributed by atoms with Crippen molar-refractivity contribution in [1.82, 2.24) is 9.97 Å². The van der Waals surface area contributed by atoms with Gasteiger partial charge in [-0.25, -0.2) is 0 Å². The van der Waals surface area contributed by atoms with Crippen LogP contribution in [0.15, 0.2) is 53.3 Å². The van der Waals surface area contributed by atoms with Gasteiger partial charge in [-0.1, -0.05) is 12.1 Å². The average Bonchev–Trinajstić information content (AvgIpc) is 2.77. The molecule has 9 nitrogen and oxygen atoms in total. The maximum Gasteiger partial charge on any atom is 0.573 e. The van der Waals surface area contributed by atoms with E-state index in [0.717, 1.165) is 30.3 Å². The Morgan fingerprint density at radius 2 is 1.70 bits per heavy atom. The van der Waals surface area contributed by atoms with Crippen LogP contribution in [0.4, 0.5) is 49.5 Å². The number of hydrogen-bond acceptors (Lipinski definition) is 6. The molecule has 2 aromatic carbocycles. The molecule has 0 saturated carbocycles. The molecule has 1 aromatic heterocycles. The number of rotatable bonds is 5. The van der Waals surface area contributed by atoms with Crippen molar-refractivity contribution >= 4 is 35.0 Å². The van der Waals surface area contributed by atoms with Crippen molar-refractivity contribution in [3.63, 3.8) is 0 Å². The fourth-order valence-corrected chi connectivity index (χ4v) is 3.56. The lowest BCUT2D eigenvalue weighted by atomic mass is 9.92. The summed E-state index contributed by atoms with van der Waals surface area (Å²) in [5, 5.41) is 7.17. The second-order valence-electron chi connectivity index (χ2n) is 7.75. The third-order valence-corrected chi connectivity index (χ3v) is 5.06.